The van der Waals surface area contributed by atoms with E-state index in [1.54, 1.807) is 6.20 Å². The second kappa shape index (κ2) is 9.73. The Kier molecular flexibility index (Phi) is 6.36. The van der Waals surface area contributed by atoms with Crippen LogP contribution in [0.15, 0.2) is 59.5 Å². The van der Waals surface area contributed by atoms with Gasteiger partial charge in [0.2, 0.25) is 0 Å². The Morgan fingerprint density at radius 3 is 2.68 bits per heavy atom. The van der Waals surface area contributed by atoms with Crippen molar-refractivity contribution < 1.29 is 5.11 Å². The van der Waals surface area contributed by atoms with Gasteiger partial charge in [-0.05, 0) is 61.9 Å². The number of nitrogens with zero attached hydrogens (tertiary/aromatic N) is 2. The molecule has 1 atom stereocenters. The number of hydrogen-bond donors (Lipinski definition) is 4. The molecule has 1 aliphatic rings. The maximum Gasteiger partial charge on any atom is 0.261 e. The smallest absolute Gasteiger partial charge is 0.261 e. The van der Waals surface area contributed by atoms with Crippen LogP contribution >= 0.6 is 0 Å². The van der Waals surface area contributed by atoms with E-state index in [2.05, 4.69) is 39.2 Å². The summed E-state index contributed by atoms with van der Waals surface area (Å²) in [6.07, 6.45) is 5.98. The van der Waals surface area contributed by atoms with Crippen molar-refractivity contribution in [1.29, 1.82) is 0 Å². The number of benzene rings is 2. The molecule has 1 saturated heterocycles. The van der Waals surface area contributed by atoms with E-state index in [-0.39, 0.29) is 18.2 Å². The van der Waals surface area contributed by atoms with Gasteiger partial charge in [0.1, 0.15) is 11.4 Å². The van der Waals surface area contributed by atoms with Gasteiger partial charge in [0.25, 0.3) is 5.56 Å². The number of piperidine rings is 1. The molecular formula is C27H31N5O2. The molecule has 1 aliphatic heterocycles. The quantitative estimate of drug-likeness (QED) is 0.333. The summed E-state index contributed by atoms with van der Waals surface area (Å²) in [6, 6.07) is 15.9. The van der Waals surface area contributed by atoms with Crippen molar-refractivity contribution in [3.05, 3.63) is 76.2 Å². The van der Waals surface area contributed by atoms with E-state index in [1.807, 2.05) is 36.4 Å². The highest BCUT2D eigenvalue weighted by Crippen LogP contribution is 2.30. The normalized spacial score (nSPS) is 14.9. The van der Waals surface area contributed by atoms with Crippen LogP contribution in [0.4, 0.5) is 11.4 Å². The van der Waals surface area contributed by atoms with Crippen LogP contribution in [-0.2, 0) is 6.42 Å². The molecule has 0 saturated carbocycles. The molecule has 176 valence electrons. The largest absolute Gasteiger partial charge is 0.394 e. The van der Waals surface area contributed by atoms with E-state index in [0.717, 1.165) is 35.2 Å². The average molecular weight is 458 g/mol. The number of H-pyrrole nitrogens is 2. The number of pyridine rings is 1. The zero-order chi connectivity index (χ0) is 23.5. The van der Waals surface area contributed by atoms with Crippen molar-refractivity contribution in [3.63, 3.8) is 0 Å². The molecule has 5 rings (SSSR count). The Labute approximate surface area is 198 Å². The van der Waals surface area contributed by atoms with Crippen LogP contribution in [-0.4, -0.2) is 45.8 Å². The summed E-state index contributed by atoms with van der Waals surface area (Å²) in [5.41, 5.74) is 6.05. The Bertz CT molecular complexity index is 1320. The van der Waals surface area contributed by atoms with Crippen molar-refractivity contribution in [2.24, 2.45) is 0 Å². The molecule has 7 nitrogen and oxygen atoms in total. The monoisotopic (exact) mass is 457 g/mol. The van der Waals surface area contributed by atoms with Crippen LogP contribution in [0.1, 0.15) is 30.4 Å². The minimum atomic E-state index is -0.236. The van der Waals surface area contributed by atoms with Crippen LogP contribution in [0.25, 0.3) is 22.4 Å². The highest BCUT2D eigenvalue weighted by Gasteiger charge is 2.19. The van der Waals surface area contributed by atoms with Gasteiger partial charge >= 0.3 is 0 Å². The van der Waals surface area contributed by atoms with Gasteiger partial charge in [0, 0.05) is 25.0 Å². The standard InChI is InChI=1S/C27H31N5O2/c1-18-14-21(32-12-6-3-7-13-32)16-23-25(18)31-26(30-23)24-22(10-11-28-27(24)34)29-20(17-33)15-19-8-4-2-5-9-19/h2,4-5,8-11,14,16,20,33H,3,6-7,12-13,15,17H2,1H3,(H,30,31)(H2,28,29,34)/t20-/m0/s1. The van der Waals surface area contributed by atoms with Gasteiger partial charge in [-0.3, -0.25) is 4.79 Å². The fraction of sp³-hybridized carbons (Fsp3) is 0.333. The number of imidazole rings is 1. The second-order valence-corrected chi connectivity index (χ2v) is 9.10. The van der Waals surface area contributed by atoms with Gasteiger partial charge in [-0.15, -0.1) is 0 Å². The molecule has 0 unspecified atom stereocenters. The minimum absolute atomic E-state index is 0.0560. The van der Waals surface area contributed by atoms with Crippen molar-refractivity contribution in [1.82, 2.24) is 15.0 Å². The van der Waals surface area contributed by atoms with Crippen molar-refractivity contribution in [2.75, 3.05) is 29.9 Å². The van der Waals surface area contributed by atoms with Gasteiger partial charge in [-0.25, -0.2) is 4.98 Å². The predicted molar refractivity (Wildman–Crippen MR) is 138 cm³/mol. The SMILES string of the molecule is Cc1cc(N2CCCCC2)cc2[nH]c(-c3c(N[C@H](CO)Cc4ccccc4)cc[nH]c3=O)nc12. The van der Waals surface area contributed by atoms with Gasteiger partial charge in [-0.2, -0.15) is 0 Å². The molecule has 0 aliphatic carbocycles. The molecule has 0 radical (unpaired) electrons. The van der Waals surface area contributed by atoms with E-state index < -0.39 is 0 Å². The Morgan fingerprint density at radius 2 is 1.91 bits per heavy atom. The first-order valence-corrected chi connectivity index (χ1v) is 12.0. The zero-order valence-corrected chi connectivity index (χ0v) is 19.5. The number of hydrogen-bond acceptors (Lipinski definition) is 5. The minimum Gasteiger partial charge on any atom is -0.394 e. The zero-order valence-electron chi connectivity index (χ0n) is 19.5. The van der Waals surface area contributed by atoms with Crippen LogP contribution in [0.5, 0.6) is 0 Å². The lowest BCUT2D eigenvalue weighted by Crippen LogP contribution is -2.29. The van der Waals surface area contributed by atoms with Crippen molar-refractivity contribution >= 4 is 22.4 Å². The third kappa shape index (κ3) is 4.56. The molecule has 3 heterocycles. The number of aliphatic hydroxyl groups is 1. The summed E-state index contributed by atoms with van der Waals surface area (Å²) in [5, 5.41) is 13.4. The van der Waals surface area contributed by atoms with Gasteiger partial charge in [-0.1, -0.05) is 30.3 Å². The molecule has 7 heteroatoms. The summed E-state index contributed by atoms with van der Waals surface area (Å²) in [4.78, 5) is 26.3. The lowest BCUT2D eigenvalue weighted by Gasteiger charge is -2.29. The van der Waals surface area contributed by atoms with Crippen LogP contribution in [0.2, 0.25) is 0 Å². The topological polar surface area (TPSA) is 97.0 Å². The number of aryl methyl sites for hydroxylation is 1. The predicted octanol–water partition coefficient (Wildman–Crippen LogP) is 4.23. The maximum absolute atomic E-state index is 12.9. The summed E-state index contributed by atoms with van der Waals surface area (Å²) < 4.78 is 0. The van der Waals surface area contributed by atoms with Crippen molar-refractivity contribution in [3.8, 4) is 11.4 Å². The third-order valence-electron chi connectivity index (χ3n) is 6.59. The van der Waals surface area contributed by atoms with E-state index in [1.165, 1.54) is 24.9 Å². The Morgan fingerprint density at radius 1 is 1.12 bits per heavy atom. The lowest BCUT2D eigenvalue weighted by atomic mass is 10.1. The third-order valence-corrected chi connectivity index (χ3v) is 6.59. The van der Waals surface area contributed by atoms with E-state index in [0.29, 0.717) is 23.5 Å². The molecule has 0 bridgehead atoms. The first-order valence-electron chi connectivity index (χ1n) is 12.0. The molecule has 4 N–H and O–H groups in total. The molecule has 0 spiro atoms. The molecular weight excluding hydrogens is 426 g/mol. The maximum atomic E-state index is 12.9. The molecule has 34 heavy (non-hydrogen) atoms. The summed E-state index contributed by atoms with van der Waals surface area (Å²) in [7, 11) is 0. The van der Waals surface area contributed by atoms with Gasteiger partial charge < -0.3 is 25.3 Å². The van der Waals surface area contributed by atoms with Gasteiger partial charge in [0.05, 0.1) is 29.4 Å². The van der Waals surface area contributed by atoms with Crippen LogP contribution < -0.4 is 15.8 Å². The van der Waals surface area contributed by atoms with E-state index in [9.17, 15) is 9.90 Å². The van der Waals surface area contributed by atoms with E-state index in [4.69, 9.17) is 4.98 Å². The fourth-order valence-electron chi connectivity index (χ4n) is 4.84. The molecule has 4 aromatic rings. The number of aliphatic hydroxyl groups excluding tert-OH is 1. The Hall–Kier alpha value is -3.58. The number of nitrogens with one attached hydrogen (secondary N) is 3. The average Bonchev–Trinajstić information content (AvgIpc) is 3.29. The lowest BCUT2D eigenvalue weighted by molar-refractivity contribution is 0.274. The number of fused-ring (bicyclic) bond motifs is 1. The van der Waals surface area contributed by atoms with Crippen molar-refractivity contribution in [2.45, 2.75) is 38.6 Å². The van der Waals surface area contributed by atoms with Gasteiger partial charge in [0.15, 0.2) is 0 Å². The highest BCUT2D eigenvalue weighted by molar-refractivity contribution is 5.87. The number of aromatic amines is 2. The molecule has 0 amide bonds. The van der Waals surface area contributed by atoms with Crippen LogP contribution in [0, 0.1) is 6.92 Å². The van der Waals surface area contributed by atoms with Crippen LogP contribution in [0.3, 0.4) is 0 Å². The molecule has 2 aromatic carbocycles. The van der Waals surface area contributed by atoms with E-state index >= 15 is 0 Å². The summed E-state index contributed by atoms with van der Waals surface area (Å²) in [6.45, 7) is 4.15. The fourth-order valence-corrected chi connectivity index (χ4v) is 4.84. The number of rotatable bonds is 7. The number of anilines is 2. The second-order valence-electron chi connectivity index (χ2n) is 9.10. The number of aromatic nitrogens is 3. The highest BCUT2D eigenvalue weighted by atomic mass is 16.3. The first kappa shape index (κ1) is 22.2. The first-order chi connectivity index (χ1) is 16.6. The summed E-state index contributed by atoms with van der Waals surface area (Å²) in [5.74, 6) is 0.523. The Balaban J connectivity index is 1.49. The molecule has 1 fully saturated rings. The summed E-state index contributed by atoms with van der Waals surface area (Å²) >= 11 is 0. The molecule has 2 aromatic heterocycles.